The quantitative estimate of drug-likeness (QED) is 0.572. The van der Waals surface area contributed by atoms with Gasteiger partial charge in [0.25, 0.3) is 0 Å². The second-order valence-corrected chi connectivity index (χ2v) is 9.81. The monoisotopic (exact) mass is 476 g/mol. The van der Waals surface area contributed by atoms with Gasteiger partial charge in [-0.2, -0.15) is 17.5 Å². The van der Waals surface area contributed by atoms with Crippen LogP contribution in [0.4, 0.5) is 24.5 Å². The van der Waals surface area contributed by atoms with Crippen molar-refractivity contribution in [3.63, 3.8) is 0 Å². The smallest absolute Gasteiger partial charge is 0.417 e. The molecule has 1 unspecified atom stereocenters. The molecule has 1 aliphatic carbocycles. The van der Waals surface area contributed by atoms with Crippen LogP contribution in [0.15, 0.2) is 41.3 Å². The summed E-state index contributed by atoms with van der Waals surface area (Å²) in [6, 6.07) is 6.13. The summed E-state index contributed by atoms with van der Waals surface area (Å²) in [5.41, 5.74) is -1.25. The fourth-order valence-corrected chi connectivity index (χ4v) is 5.05. The lowest BCUT2D eigenvalue weighted by molar-refractivity contribution is -0.139. The van der Waals surface area contributed by atoms with Crippen LogP contribution in [-0.2, 0) is 16.2 Å². The maximum absolute atomic E-state index is 13.8. The Morgan fingerprint density at radius 1 is 1.23 bits per heavy atom. The molecule has 168 valence electrons. The fraction of sp³-hybridized carbons (Fsp3) is 0.350. The van der Waals surface area contributed by atoms with Crippen molar-refractivity contribution in [3.8, 4) is 0 Å². The van der Waals surface area contributed by atoms with Crippen LogP contribution in [0.3, 0.4) is 0 Å². The van der Waals surface area contributed by atoms with Crippen molar-refractivity contribution in [1.82, 2.24) is 4.31 Å². The molecule has 0 aromatic heterocycles. The van der Waals surface area contributed by atoms with Gasteiger partial charge in [0.2, 0.25) is 10.0 Å². The van der Waals surface area contributed by atoms with Crippen LogP contribution >= 0.6 is 11.6 Å². The Kier molecular flexibility index (Phi) is 6.28. The van der Waals surface area contributed by atoms with Gasteiger partial charge >= 0.3 is 12.1 Å². The number of anilines is 2. The number of halogens is 4. The van der Waals surface area contributed by atoms with Gasteiger partial charge in [-0.05, 0) is 62.1 Å². The number of rotatable bonds is 7. The highest BCUT2D eigenvalue weighted by atomic mass is 35.5. The third-order valence-electron chi connectivity index (χ3n) is 5.31. The Hall–Kier alpha value is -2.30. The molecule has 0 aliphatic heterocycles. The maximum Gasteiger partial charge on any atom is 0.417 e. The molecule has 1 fully saturated rings. The number of benzene rings is 2. The van der Waals surface area contributed by atoms with Gasteiger partial charge in [0, 0.05) is 18.8 Å². The van der Waals surface area contributed by atoms with Crippen LogP contribution in [0, 0.1) is 5.92 Å². The van der Waals surface area contributed by atoms with Crippen LogP contribution in [0.1, 0.15) is 35.7 Å². The van der Waals surface area contributed by atoms with Crippen molar-refractivity contribution < 1.29 is 31.5 Å². The molecule has 6 nitrogen and oxygen atoms in total. The van der Waals surface area contributed by atoms with E-state index in [9.17, 15) is 26.4 Å². The van der Waals surface area contributed by atoms with E-state index in [4.69, 9.17) is 16.7 Å². The SMILES string of the molecule is CC(C1CC1)N(C)S(=O)(=O)c1ccc(Nc2ccc(C(=O)O)cc2Cl)cc1C(F)(F)F. The van der Waals surface area contributed by atoms with Crippen LogP contribution < -0.4 is 5.32 Å². The van der Waals surface area contributed by atoms with Gasteiger partial charge in [0.05, 0.1) is 26.7 Å². The molecule has 11 heteroatoms. The number of alkyl halides is 3. The predicted molar refractivity (Wildman–Crippen MR) is 110 cm³/mol. The van der Waals surface area contributed by atoms with Crippen molar-refractivity contribution in [2.45, 2.75) is 36.9 Å². The number of carboxylic acids is 1. The zero-order valence-electron chi connectivity index (χ0n) is 16.6. The van der Waals surface area contributed by atoms with Crippen molar-refractivity contribution in [1.29, 1.82) is 0 Å². The van der Waals surface area contributed by atoms with Crippen LogP contribution in [0.5, 0.6) is 0 Å². The summed E-state index contributed by atoms with van der Waals surface area (Å²) < 4.78 is 68.1. The molecule has 0 bridgehead atoms. The Labute approximate surface area is 182 Å². The first kappa shape index (κ1) is 23.4. The highest BCUT2D eigenvalue weighted by molar-refractivity contribution is 7.89. The van der Waals surface area contributed by atoms with Gasteiger partial charge in [-0.1, -0.05) is 11.6 Å². The summed E-state index contributed by atoms with van der Waals surface area (Å²) in [5, 5.41) is 11.6. The van der Waals surface area contributed by atoms with Crippen LogP contribution in [0.2, 0.25) is 5.02 Å². The van der Waals surface area contributed by atoms with E-state index in [0.29, 0.717) is 6.07 Å². The average Bonchev–Trinajstić information content (AvgIpc) is 3.52. The standard InChI is InChI=1S/C20H20ClF3N2O4S/c1-11(12-3-4-12)26(2)31(29,30)18-8-6-14(10-15(18)20(22,23)24)25-17-7-5-13(19(27)28)9-16(17)21/h5-12,25H,3-4H2,1-2H3,(H,27,28). The Bertz CT molecular complexity index is 1120. The highest BCUT2D eigenvalue weighted by Crippen LogP contribution is 2.40. The third-order valence-corrected chi connectivity index (χ3v) is 7.63. The second-order valence-electron chi connectivity index (χ2n) is 7.43. The molecule has 2 aromatic rings. The molecular formula is C20H20ClF3N2O4S. The minimum Gasteiger partial charge on any atom is -0.478 e. The highest BCUT2D eigenvalue weighted by Gasteiger charge is 2.41. The van der Waals surface area contributed by atoms with Crippen molar-refractivity contribution in [2.75, 3.05) is 12.4 Å². The van der Waals surface area contributed by atoms with E-state index < -0.39 is 38.7 Å². The molecule has 3 rings (SSSR count). The zero-order chi connectivity index (χ0) is 23.1. The predicted octanol–water partition coefficient (Wildman–Crippen LogP) is 5.22. The fourth-order valence-electron chi connectivity index (χ4n) is 3.21. The summed E-state index contributed by atoms with van der Waals surface area (Å²) in [4.78, 5) is 10.2. The van der Waals surface area contributed by atoms with E-state index in [2.05, 4.69) is 5.32 Å². The number of carboxylic acid groups (broad SMARTS) is 1. The molecule has 1 aliphatic rings. The number of aromatic carboxylic acids is 1. The number of nitrogens with one attached hydrogen (secondary N) is 1. The zero-order valence-corrected chi connectivity index (χ0v) is 18.1. The molecular weight excluding hydrogens is 457 g/mol. The lowest BCUT2D eigenvalue weighted by atomic mass is 10.1. The Morgan fingerprint density at radius 3 is 2.39 bits per heavy atom. The van der Waals surface area contributed by atoms with E-state index in [1.807, 2.05) is 0 Å². The lowest BCUT2D eigenvalue weighted by Crippen LogP contribution is -2.37. The van der Waals surface area contributed by atoms with Gasteiger partial charge in [0.15, 0.2) is 0 Å². The van der Waals surface area contributed by atoms with Gasteiger partial charge in [-0.3, -0.25) is 0 Å². The van der Waals surface area contributed by atoms with E-state index >= 15 is 0 Å². The maximum atomic E-state index is 13.8. The van der Waals surface area contributed by atoms with Crippen molar-refractivity contribution in [3.05, 3.63) is 52.5 Å². The summed E-state index contributed by atoms with van der Waals surface area (Å²) >= 11 is 6.02. The molecule has 2 aromatic carbocycles. The van der Waals surface area contributed by atoms with E-state index in [1.54, 1.807) is 6.92 Å². The molecule has 0 heterocycles. The molecule has 0 spiro atoms. The molecule has 1 saturated carbocycles. The van der Waals surface area contributed by atoms with Gasteiger partial charge in [0.1, 0.15) is 0 Å². The first-order chi connectivity index (χ1) is 14.3. The average molecular weight is 477 g/mol. The normalized spacial score (nSPS) is 15.7. The molecule has 31 heavy (non-hydrogen) atoms. The summed E-state index contributed by atoms with van der Waals surface area (Å²) in [7, 11) is -3.09. The van der Waals surface area contributed by atoms with Crippen LogP contribution in [0.25, 0.3) is 0 Å². The summed E-state index contributed by atoms with van der Waals surface area (Å²) in [5.74, 6) is -1.06. The largest absolute Gasteiger partial charge is 0.478 e. The van der Waals surface area contributed by atoms with Crippen molar-refractivity contribution in [2.24, 2.45) is 5.92 Å². The van der Waals surface area contributed by atoms with Gasteiger partial charge in [-0.25, -0.2) is 13.2 Å². The first-order valence-electron chi connectivity index (χ1n) is 9.31. The van der Waals surface area contributed by atoms with E-state index in [0.717, 1.165) is 29.3 Å². The molecule has 2 N–H and O–H groups in total. The number of hydrogen-bond acceptors (Lipinski definition) is 4. The van der Waals surface area contributed by atoms with Gasteiger partial charge in [-0.15, -0.1) is 0 Å². The number of hydrogen-bond donors (Lipinski definition) is 2. The van der Waals surface area contributed by atoms with E-state index in [1.165, 1.54) is 25.2 Å². The summed E-state index contributed by atoms with van der Waals surface area (Å²) in [6.07, 6.45) is -3.23. The molecule has 1 atom stereocenters. The second kappa shape index (κ2) is 8.33. The number of nitrogens with zero attached hydrogens (tertiary/aromatic N) is 1. The van der Waals surface area contributed by atoms with Crippen LogP contribution in [-0.4, -0.2) is 36.9 Å². The first-order valence-corrected chi connectivity index (χ1v) is 11.1. The molecule has 0 radical (unpaired) electrons. The Morgan fingerprint density at radius 2 is 1.87 bits per heavy atom. The molecule has 0 amide bonds. The van der Waals surface area contributed by atoms with Gasteiger partial charge < -0.3 is 10.4 Å². The van der Waals surface area contributed by atoms with Crippen molar-refractivity contribution >= 4 is 39.0 Å². The topological polar surface area (TPSA) is 86.7 Å². The minimum absolute atomic E-state index is 0.0110. The minimum atomic E-state index is -4.92. The third kappa shape index (κ3) is 4.97. The Balaban J connectivity index is 1.98. The number of carbonyl (C=O) groups is 1. The lowest BCUT2D eigenvalue weighted by Gasteiger charge is -2.26. The van der Waals surface area contributed by atoms with E-state index in [-0.39, 0.29) is 27.9 Å². The summed E-state index contributed by atoms with van der Waals surface area (Å²) in [6.45, 7) is 1.68. The number of sulfonamides is 1. The molecule has 0 saturated heterocycles.